The van der Waals surface area contributed by atoms with Gasteiger partial charge in [-0.2, -0.15) is 0 Å². The Kier molecular flexibility index (Phi) is 6.70. The van der Waals surface area contributed by atoms with Crippen LogP contribution < -0.4 is 15.4 Å². The van der Waals surface area contributed by atoms with Crippen LogP contribution in [0, 0.1) is 6.92 Å². The minimum atomic E-state index is -3.72. The number of nitrogens with zero attached hydrogens (tertiary/aromatic N) is 3. The maximum absolute atomic E-state index is 12.4. The number of aryl methyl sites for hydroxylation is 1. The van der Waals surface area contributed by atoms with Crippen molar-refractivity contribution in [3.63, 3.8) is 0 Å². The van der Waals surface area contributed by atoms with E-state index in [1.165, 1.54) is 25.4 Å². The zero-order valence-corrected chi connectivity index (χ0v) is 17.4. The highest BCUT2D eigenvalue weighted by atomic mass is 32.2. The quantitative estimate of drug-likeness (QED) is 0.352. The Hall–Kier alpha value is -3.37. The van der Waals surface area contributed by atoms with Crippen LogP contribution in [0.3, 0.4) is 0 Å². The lowest BCUT2D eigenvalue weighted by Crippen LogP contribution is -2.29. The van der Waals surface area contributed by atoms with Gasteiger partial charge in [-0.3, -0.25) is 4.79 Å². The van der Waals surface area contributed by atoms with E-state index < -0.39 is 10.0 Å². The molecule has 0 aliphatic heterocycles. The molecule has 0 fully saturated rings. The SMILES string of the molecule is CC(=O)c1cccc(S(=O)(=O)NCCNc2cc(Nc3cc(C)ccn3)ncn2)c1. The number of hydrogen-bond donors (Lipinski definition) is 3. The van der Waals surface area contributed by atoms with E-state index in [0.717, 1.165) is 5.56 Å². The second kappa shape index (κ2) is 9.42. The maximum atomic E-state index is 12.4. The minimum Gasteiger partial charge on any atom is -0.369 e. The lowest BCUT2D eigenvalue weighted by molar-refractivity contribution is 0.101. The Morgan fingerprint density at radius 3 is 2.50 bits per heavy atom. The van der Waals surface area contributed by atoms with Gasteiger partial charge in [0.25, 0.3) is 0 Å². The molecule has 2 heterocycles. The van der Waals surface area contributed by atoms with Crippen LogP contribution in [0.5, 0.6) is 0 Å². The number of pyridine rings is 1. The lowest BCUT2D eigenvalue weighted by Gasteiger charge is -2.10. The maximum Gasteiger partial charge on any atom is 0.240 e. The summed E-state index contributed by atoms with van der Waals surface area (Å²) < 4.78 is 27.3. The van der Waals surface area contributed by atoms with Gasteiger partial charge in [-0.15, -0.1) is 0 Å². The zero-order chi connectivity index (χ0) is 21.6. The number of Topliss-reactive ketones (excluding diaryl/α,β-unsaturated/α-hetero) is 1. The predicted octanol–water partition coefficient (Wildman–Crippen LogP) is 2.52. The summed E-state index contributed by atoms with van der Waals surface area (Å²) >= 11 is 0. The van der Waals surface area contributed by atoms with E-state index in [1.807, 2.05) is 19.1 Å². The number of benzene rings is 1. The molecule has 0 unspecified atom stereocenters. The summed E-state index contributed by atoms with van der Waals surface area (Å²) in [6, 6.07) is 11.4. The number of nitrogens with one attached hydrogen (secondary N) is 3. The molecule has 0 atom stereocenters. The van der Waals surface area contributed by atoms with Gasteiger partial charge >= 0.3 is 0 Å². The Morgan fingerprint density at radius 2 is 1.73 bits per heavy atom. The Balaban J connectivity index is 1.55. The predicted molar refractivity (Wildman–Crippen MR) is 114 cm³/mol. The molecular formula is C20H22N6O3S. The number of ketones is 1. The zero-order valence-electron chi connectivity index (χ0n) is 16.6. The molecule has 0 bridgehead atoms. The minimum absolute atomic E-state index is 0.0503. The molecule has 156 valence electrons. The van der Waals surface area contributed by atoms with Crippen LogP contribution in [0.4, 0.5) is 17.5 Å². The van der Waals surface area contributed by atoms with Crippen LogP contribution in [-0.4, -0.2) is 42.2 Å². The molecular weight excluding hydrogens is 404 g/mol. The number of carbonyl (C=O) groups is 1. The third-order valence-corrected chi connectivity index (χ3v) is 5.57. The Labute approximate surface area is 175 Å². The standard InChI is InChI=1S/C20H22N6O3S/c1-14-6-7-21-19(10-14)26-20-12-18(23-13-24-20)22-8-9-25-30(28,29)17-5-3-4-16(11-17)15(2)27/h3-7,10-13,25H,8-9H2,1-2H3,(H2,21,22,23,24,26). The average Bonchev–Trinajstić information content (AvgIpc) is 2.72. The fourth-order valence-corrected chi connectivity index (χ4v) is 3.68. The van der Waals surface area contributed by atoms with E-state index in [-0.39, 0.29) is 17.2 Å². The summed E-state index contributed by atoms with van der Waals surface area (Å²) in [4.78, 5) is 24.0. The first-order valence-electron chi connectivity index (χ1n) is 9.20. The van der Waals surface area contributed by atoms with Gasteiger partial charge in [0, 0.05) is 30.9 Å². The number of aromatic nitrogens is 3. The first kappa shape index (κ1) is 21.3. The van der Waals surface area contributed by atoms with E-state index in [2.05, 4.69) is 30.3 Å². The van der Waals surface area contributed by atoms with E-state index >= 15 is 0 Å². The van der Waals surface area contributed by atoms with Crippen molar-refractivity contribution < 1.29 is 13.2 Å². The highest BCUT2D eigenvalue weighted by Gasteiger charge is 2.14. The van der Waals surface area contributed by atoms with Crippen LogP contribution >= 0.6 is 0 Å². The molecule has 0 saturated heterocycles. The molecule has 3 N–H and O–H groups in total. The molecule has 0 saturated carbocycles. The van der Waals surface area contributed by atoms with E-state index in [9.17, 15) is 13.2 Å². The summed E-state index contributed by atoms with van der Waals surface area (Å²) in [5.41, 5.74) is 1.42. The normalized spacial score (nSPS) is 11.1. The smallest absolute Gasteiger partial charge is 0.240 e. The van der Waals surface area contributed by atoms with Gasteiger partial charge in [0.15, 0.2) is 5.78 Å². The van der Waals surface area contributed by atoms with Gasteiger partial charge in [-0.25, -0.2) is 28.1 Å². The third kappa shape index (κ3) is 5.82. The van der Waals surface area contributed by atoms with Crippen LogP contribution in [0.1, 0.15) is 22.8 Å². The van der Waals surface area contributed by atoms with Crippen molar-refractivity contribution in [2.75, 3.05) is 23.7 Å². The lowest BCUT2D eigenvalue weighted by atomic mass is 10.2. The molecule has 2 aromatic heterocycles. The summed E-state index contributed by atoms with van der Waals surface area (Å²) in [5.74, 6) is 1.58. The molecule has 10 heteroatoms. The summed E-state index contributed by atoms with van der Waals surface area (Å²) in [6.07, 6.45) is 3.11. The number of carbonyl (C=O) groups excluding carboxylic acids is 1. The first-order valence-corrected chi connectivity index (χ1v) is 10.7. The number of rotatable bonds is 9. The van der Waals surface area contributed by atoms with Crippen molar-refractivity contribution in [1.29, 1.82) is 0 Å². The molecule has 0 aliphatic carbocycles. The van der Waals surface area contributed by atoms with Gasteiger partial charge in [0.1, 0.15) is 23.8 Å². The van der Waals surface area contributed by atoms with Crippen molar-refractivity contribution >= 4 is 33.3 Å². The van der Waals surface area contributed by atoms with Crippen molar-refractivity contribution in [2.24, 2.45) is 0 Å². The highest BCUT2D eigenvalue weighted by molar-refractivity contribution is 7.89. The van der Waals surface area contributed by atoms with E-state index in [1.54, 1.807) is 24.4 Å². The number of sulfonamides is 1. The molecule has 0 radical (unpaired) electrons. The monoisotopic (exact) mass is 426 g/mol. The van der Waals surface area contributed by atoms with Gasteiger partial charge in [0.2, 0.25) is 10.0 Å². The van der Waals surface area contributed by atoms with Crippen LogP contribution in [-0.2, 0) is 10.0 Å². The number of anilines is 3. The van der Waals surface area contributed by atoms with Crippen molar-refractivity contribution in [3.8, 4) is 0 Å². The van der Waals surface area contributed by atoms with Gasteiger partial charge in [-0.1, -0.05) is 12.1 Å². The molecule has 0 spiro atoms. The topological polar surface area (TPSA) is 126 Å². The van der Waals surface area contributed by atoms with Gasteiger partial charge in [0.05, 0.1) is 4.90 Å². The summed E-state index contributed by atoms with van der Waals surface area (Å²) in [6.45, 7) is 3.81. The van der Waals surface area contributed by atoms with E-state index in [4.69, 9.17) is 0 Å². The summed E-state index contributed by atoms with van der Waals surface area (Å²) in [5, 5.41) is 6.14. The fraction of sp³-hybridized carbons (Fsp3) is 0.200. The Morgan fingerprint density at radius 1 is 0.967 bits per heavy atom. The number of hydrogen-bond acceptors (Lipinski definition) is 8. The second-order valence-corrected chi connectivity index (χ2v) is 8.31. The van der Waals surface area contributed by atoms with Crippen LogP contribution in [0.15, 0.2) is 59.9 Å². The molecule has 1 aromatic carbocycles. The van der Waals surface area contributed by atoms with Gasteiger partial charge in [-0.05, 0) is 43.7 Å². The molecule has 3 aromatic rings. The first-order chi connectivity index (χ1) is 14.3. The molecule has 0 aliphatic rings. The highest BCUT2D eigenvalue weighted by Crippen LogP contribution is 2.15. The van der Waals surface area contributed by atoms with E-state index in [0.29, 0.717) is 29.6 Å². The van der Waals surface area contributed by atoms with Crippen molar-refractivity contribution in [3.05, 3.63) is 66.1 Å². The van der Waals surface area contributed by atoms with Crippen LogP contribution in [0.2, 0.25) is 0 Å². The molecule has 3 rings (SSSR count). The van der Waals surface area contributed by atoms with Crippen molar-refractivity contribution in [1.82, 2.24) is 19.7 Å². The average molecular weight is 427 g/mol. The molecule has 0 amide bonds. The summed E-state index contributed by atoms with van der Waals surface area (Å²) in [7, 11) is -3.72. The second-order valence-electron chi connectivity index (χ2n) is 6.54. The Bertz CT molecular complexity index is 1150. The van der Waals surface area contributed by atoms with Crippen molar-refractivity contribution in [2.45, 2.75) is 18.7 Å². The third-order valence-electron chi connectivity index (χ3n) is 4.11. The molecule has 30 heavy (non-hydrogen) atoms. The van der Waals surface area contributed by atoms with Gasteiger partial charge < -0.3 is 10.6 Å². The fourth-order valence-electron chi connectivity index (χ4n) is 2.60. The molecule has 9 nitrogen and oxygen atoms in total. The largest absolute Gasteiger partial charge is 0.369 e. The van der Waals surface area contributed by atoms with Crippen LogP contribution in [0.25, 0.3) is 0 Å².